The number of rotatable bonds is 2. The molecule has 150 valence electrons. The van der Waals surface area contributed by atoms with Gasteiger partial charge in [0.2, 0.25) is 0 Å². The average Bonchev–Trinajstić information content (AvgIpc) is 2.72. The highest BCUT2D eigenvalue weighted by Crippen LogP contribution is 2.35. The Kier molecular flexibility index (Phi) is 4.91. The molecule has 0 N–H and O–H groups in total. The smallest absolute Gasteiger partial charge is 0.336 e. The molecule has 0 radical (unpaired) electrons. The summed E-state index contributed by atoms with van der Waals surface area (Å²) in [7, 11) is 1.99. The Morgan fingerprint density at radius 1 is 1.03 bits per heavy atom. The molecule has 0 saturated carbocycles. The molecule has 9 heteroatoms. The molecule has 0 unspecified atom stereocenters. The highest BCUT2D eigenvalue weighted by molar-refractivity contribution is 5.97. The fourth-order valence-electron chi connectivity index (χ4n) is 3.28. The monoisotopic (exact) mass is 401 g/mol. The number of carbonyl (C=O) groups is 1. The molecule has 1 aliphatic heterocycles. The second-order valence-electron chi connectivity index (χ2n) is 6.96. The van der Waals surface area contributed by atoms with Gasteiger partial charge < -0.3 is 9.80 Å². The minimum absolute atomic E-state index is 0.0832. The fraction of sp³-hybridized carbons (Fsp3) is 0.300. The average molecular weight is 401 g/mol. The lowest BCUT2D eigenvalue weighted by molar-refractivity contribution is -0.140. The third-order valence-corrected chi connectivity index (χ3v) is 4.91. The van der Waals surface area contributed by atoms with Crippen LogP contribution in [0.1, 0.15) is 16.1 Å². The second-order valence-corrected chi connectivity index (χ2v) is 6.96. The molecular weight excluding hydrogens is 383 g/mol. The van der Waals surface area contributed by atoms with Crippen molar-refractivity contribution in [1.29, 1.82) is 0 Å². The topological polar surface area (TPSA) is 62.2 Å². The van der Waals surface area contributed by atoms with Crippen molar-refractivity contribution in [2.24, 2.45) is 0 Å². The number of hydrogen-bond acceptors (Lipinski definition) is 5. The number of nitrogens with zero attached hydrogens (tertiary/aromatic N) is 5. The molecule has 0 spiro atoms. The molecule has 0 aliphatic carbocycles. The van der Waals surface area contributed by atoms with E-state index >= 15 is 0 Å². The number of benzene rings is 1. The highest BCUT2D eigenvalue weighted by Gasteiger charge is 2.37. The number of carbonyl (C=O) groups excluding carboxylic acids is 1. The van der Waals surface area contributed by atoms with Gasteiger partial charge in [0.1, 0.15) is 5.69 Å². The van der Waals surface area contributed by atoms with E-state index in [4.69, 9.17) is 0 Å². The van der Waals surface area contributed by atoms with Crippen molar-refractivity contribution < 1.29 is 18.0 Å². The predicted octanol–water partition coefficient (Wildman–Crippen LogP) is 3.10. The van der Waals surface area contributed by atoms with E-state index in [1.54, 1.807) is 4.90 Å². The Hall–Kier alpha value is -3.07. The molecule has 3 heterocycles. The minimum atomic E-state index is -4.67. The van der Waals surface area contributed by atoms with E-state index in [1.807, 2.05) is 7.05 Å². The van der Waals surface area contributed by atoms with Gasteiger partial charge in [-0.25, -0.2) is 9.97 Å². The lowest BCUT2D eigenvalue weighted by atomic mass is 10.1. The SMILES string of the molecule is CN1CCN(C(=O)c2ccc3nc(C(F)(F)F)c(-c4cccnc4)nc3c2)CC1. The summed E-state index contributed by atoms with van der Waals surface area (Å²) >= 11 is 0. The van der Waals surface area contributed by atoms with Crippen LogP contribution in [0.5, 0.6) is 0 Å². The van der Waals surface area contributed by atoms with Gasteiger partial charge in [-0.1, -0.05) is 0 Å². The van der Waals surface area contributed by atoms with E-state index in [0.717, 1.165) is 13.1 Å². The maximum atomic E-state index is 13.6. The number of aromatic nitrogens is 3. The van der Waals surface area contributed by atoms with E-state index in [2.05, 4.69) is 19.9 Å². The Balaban J connectivity index is 1.78. The third kappa shape index (κ3) is 3.91. The molecular formula is C20H18F3N5O. The van der Waals surface area contributed by atoms with Crippen LogP contribution in [-0.4, -0.2) is 63.9 Å². The summed E-state index contributed by atoms with van der Waals surface area (Å²) < 4.78 is 40.7. The molecule has 1 aliphatic rings. The second kappa shape index (κ2) is 7.40. The number of amides is 1. The van der Waals surface area contributed by atoms with Crippen molar-refractivity contribution in [3.05, 3.63) is 54.0 Å². The maximum absolute atomic E-state index is 13.6. The van der Waals surface area contributed by atoms with Crippen LogP contribution in [0.25, 0.3) is 22.3 Å². The van der Waals surface area contributed by atoms with E-state index in [1.165, 1.54) is 42.7 Å². The van der Waals surface area contributed by atoms with Gasteiger partial charge in [0, 0.05) is 49.7 Å². The summed E-state index contributed by atoms with van der Waals surface area (Å²) in [5.74, 6) is -0.162. The molecule has 2 aromatic heterocycles. The van der Waals surface area contributed by atoms with Gasteiger partial charge in [-0.05, 0) is 37.4 Å². The van der Waals surface area contributed by atoms with Crippen molar-refractivity contribution in [1.82, 2.24) is 24.8 Å². The van der Waals surface area contributed by atoms with Crippen LogP contribution < -0.4 is 0 Å². The van der Waals surface area contributed by atoms with Gasteiger partial charge in [-0.3, -0.25) is 9.78 Å². The van der Waals surface area contributed by atoms with Gasteiger partial charge in [0.15, 0.2) is 5.69 Å². The third-order valence-electron chi connectivity index (χ3n) is 4.91. The Bertz CT molecular complexity index is 1050. The molecule has 1 aromatic carbocycles. The van der Waals surface area contributed by atoms with Crippen LogP contribution >= 0.6 is 0 Å². The fourth-order valence-corrected chi connectivity index (χ4v) is 3.28. The molecule has 3 aromatic rings. The summed E-state index contributed by atoms with van der Waals surface area (Å²) in [6.45, 7) is 2.76. The lowest BCUT2D eigenvalue weighted by Gasteiger charge is -2.32. The number of piperazine rings is 1. The zero-order valence-corrected chi connectivity index (χ0v) is 15.6. The Morgan fingerprint density at radius 2 is 1.79 bits per heavy atom. The molecule has 1 amide bonds. The highest BCUT2D eigenvalue weighted by atomic mass is 19.4. The van der Waals surface area contributed by atoms with Gasteiger partial charge in [-0.15, -0.1) is 0 Å². The number of alkyl halides is 3. The molecule has 0 bridgehead atoms. The van der Waals surface area contributed by atoms with Crippen LogP contribution in [0.15, 0.2) is 42.7 Å². The number of likely N-dealkylation sites (N-methyl/N-ethyl adjacent to an activating group) is 1. The largest absolute Gasteiger partial charge is 0.435 e. The van der Waals surface area contributed by atoms with Gasteiger partial charge in [0.05, 0.1) is 11.0 Å². The van der Waals surface area contributed by atoms with E-state index in [0.29, 0.717) is 18.7 Å². The minimum Gasteiger partial charge on any atom is -0.336 e. The van der Waals surface area contributed by atoms with Crippen LogP contribution in [0.2, 0.25) is 0 Å². The Labute approximate surface area is 165 Å². The van der Waals surface area contributed by atoms with E-state index < -0.39 is 11.9 Å². The van der Waals surface area contributed by atoms with Gasteiger partial charge >= 0.3 is 6.18 Å². The molecule has 0 atom stereocenters. The first kappa shape index (κ1) is 19.3. The van der Waals surface area contributed by atoms with Crippen molar-refractivity contribution in [2.75, 3.05) is 33.2 Å². The summed E-state index contributed by atoms with van der Waals surface area (Å²) in [5.41, 5.74) is -0.464. The molecule has 1 fully saturated rings. The zero-order chi connectivity index (χ0) is 20.6. The van der Waals surface area contributed by atoms with Crippen LogP contribution in [0.3, 0.4) is 0 Å². The standard InChI is InChI=1S/C20H18F3N5O/c1-27-7-9-28(10-8-27)19(29)13-4-5-15-16(11-13)25-17(14-3-2-6-24-12-14)18(26-15)20(21,22)23/h2-6,11-12H,7-10H2,1H3. The number of fused-ring (bicyclic) bond motifs is 1. The first-order valence-corrected chi connectivity index (χ1v) is 9.10. The van der Waals surface area contributed by atoms with Crippen LogP contribution in [-0.2, 0) is 6.18 Å². The normalized spacial score (nSPS) is 15.7. The van der Waals surface area contributed by atoms with Crippen LogP contribution in [0.4, 0.5) is 13.2 Å². The lowest BCUT2D eigenvalue weighted by Crippen LogP contribution is -2.47. The number of pyridine rings is 1. The first-order valence-electron chi connectivity index (χ1n) is 9.10. The molecule has 1 saturated heterocycles. The maximum Gasteiger partial charge on any atom is 0.435 e. The summed E-state index contributed by atoms with van der Waals surface area (Å²) in [5, 5.41) is 0. The van der Waals surface area contributed by atoms with E-state index in [9.17, 15) is 18.0 Å². The van der Waals surface area contributed by atoms with Crippen LogP contribution in [0, 0.1) is 0 Å². The molecule has 4 rings (SSSR count). The Morgan fingerprint density at radius 3 is 2.45 bits per heavy atom. The van der Waals surface area contributed by atoms with Crippen molar-refractivity contribution in [3.8, 4) is 11.3 Å². The molecule has 29 heavy (non-hydrogen) atoms. The number of halogens is 3. The quantitative estimate of drug-likeness (QED) is 0.660. The van der Waals surface area contributed by atoms with Gasteiger partial charge in [0.25, 0.3) is 5.91 Å². The summed E-state index contributed by atoms with van der Waals surface area (Å²) in [6, 6.07) is 7.45. The van der Waals surface area contributed by atoms with E-state index in [-0.39, 0.29) is 28.2 Å². The zero-order valence-electron chi connectivity index (χ0n) is 15.6. The van der Waals surface area contributed by atoms with Crippen molar-refractivity contribution >= 4 is 16.9 Å². The summed E-state index contributed by atoms with van der Waals surface area (Å²) in [6.07, 6.45) is -1.89. The van der Waals surface area contributed by atoms with Crippen molar-refractivity contribution in [2.45, 2.75) is 6.18 Å². The number of hydrogen-bond donors (Lipinski definition) is 0. The summed E-state index contributed by atoms with van der Waals surface area (Å²) in [4.78, 5) is 28.6. The van der Waals surface area contributed by atoms with Gasteiger partial charge in [-0.2, -0.15) is 13.2 Å². The predicted molar refractivity (Wildman–Crippen MR) is 101 cm³/mol. The molecule has 6 nitrogen and oxygen atoms in total. The first-order chi connectivity index (χ1) is 13.8. The van der Waals surface area contributed by atoms with Crippen molar-refractivity contribution in [3.63, 3.8) is 0 Å².